The largest absolute Gasteiger partial charge is 0.409 e. The van der Waals surface area contributed by atoms with Crippen molar-refractivity contribution >= 4 is 5.84 Å². The number of amidine groups is 1. The van der Waals surface area contributed by atoms with Crippen LogP contribution in [0.2, 0.25) is 0 Å². The Hall–Kier alpha value is -1.62. The van der Waals surface area contributed by atoms with Gasteiger partial charge in [0.05, 0.1) is 0 Å². The molecule has 0 saturated heterocycles. The molecule has 0 aromatic carbocycles. The summed E-state index contributed by atoms with van der Waals surface area (Å²) in [6.07, 6.45) is 5.21. The predicted octanol–water partition coefficient (Wildman–Crippen LogP) is 1.08. The number of oxime groups is 1. The van der Waals surface area contributed by atoms with E-state index in [1.165, 1.54) is 5.56 Å². The van der Waals surface area contributed by atoms with Gasteiger partial charge in [0.25, 0.3) is 0 Å². The fraction of sp³-hybridized carbons (Fsp3) is 0.500. The molecule has 3 N–H and O–H groups in total. The molecular weight excluding hydrogens is 216 g/mol. The molecule has 17 heavy (non-hydrogen) atoms. The maximum absolute atomic E-state index is 8.47. The van der Waals surface area contributed by atoms with Crippen molar-refractivity contribution in [3.8, 4) is 0 Å². The first kappa shape index (κ1) is 13.4. The van der Waals surface area contributed by atoms with Gasteiger partial charge >= 0.3 is 0 Å². The molecule has 0 aliphatic carbocycles. The third-order valence-electron chi connectivity index (χ3n) is 2.73. The topological polar surface area (TPSA) is 74.7 Å². The Labute approximate surface area is 102 Å². The van der Waals surface area contributed by atoms with Crippen molar-refractivity contribution in [1.29, 1.82) is 0 Å². The van der Waals surface area contributed by atoms with E-state index in [4.69, 9.17) is 10.9 Å². The first-order valence-corrected chi connectivity index (χ1v) is 5.84. The molecule has 0 fully saturated rings. The number of rotatable bonds is 7. The third kappa shape index (κ3) is 5.31. The van der Waals surface area contributed by atoms with Gasteiger partial charge in [0.2, 0.25) is 0 Å². The number of aromatic nitrogens is 1. The molecule has 0 aliphatic rings. The zero-order valence-electron chi connectivity index (χ0n) is 10.2. The summed E-state index contributed by atoms with van der Waals surface area (Å²) in [4.78, 5) is 6.27. The maximum atomic E-state index is 8.47. The van der Waals surface area contributed by atoms with Crippen molar-refractivity contribution in [2.45, 2.75) is 19.8 Å². The number of hydrogen-bond acceptors (Lipinski definition) is 4. The summed E-state index contributed by atoms with van der Waals surface area (Å²) in [5, 5.41) is 11.4. The van der Waals surface area contributed by atoms with Crippen LogP contribution in [-0.2, 0) is 6.42 Å². The fourth-order valence-electron chi connectivity index (χ4n) is 1.59. The van der Waals surface area contributed by atoms with Gasteiger partial charge in [0.15, 0.2) is 0 Å². The van der Waals surface area contributed by atoms with Gasteiger partial charge in [-0.3, -0.25) is 4.98 Å². The standard InChI is InChI=1S/C12H20N4O/c1-2-16(10-6-12(13)15-17)9-5-11-3-7-14-8-4-11/h3-4,7-8,17H,2,5-6,9-10H2,1H3,(H2,13,15). The molecule has 0 spiro atoms. The molecule has 1 heterocycles. The van der Waals surface area contributed by atoms with Crippen LogP contribution in [0.25, 0.3) is 0 Å². The van der Waals surface area contributed by atoms with Crippen LogP contribution >= 0.6 is 0 Å². The van der Waals surface area contributed by atoms with E-state index < -0.39 is 0 Å². The van der Waals surface area contributed by atoms with E-state index in [9.17, 15) is 0 Å². The van der Waals surface area contributed by atoms with Gasteiger partial charge in [-0.05, 0) is 30.7 Å². The van der Waals surface area contributed by atoms with Crippen LogP contribution in [0.15, 0.2) is 29.7 Å². The van der Waals surface area contributed by atoms with Crippen LogP contribution in [-0.4, -0.2) is 40.6 Å². The molecule has 0 amide bonds. The molecule has 5 nitrogen and oxygen atoms in total. The van der Waals surface area contributed by atoms with E-state index in [0.29, 0.717) is 6.42 Å². The van der Waals surface area contributed by atoms with Gasteiger partial charge in [-0.15, -0.1) is 0 Å². The Bertz CT molecular complexity index is 340. The Morgan fingerprint density at radius 1 is 1.41 bits per heavy atom. The van der Waals surface area contributed by atoms with Gasteiger partial charge in [-0.2, -0.15) is 0 Å². The van der Waals surface area contributed by atoms with Crippen LogP contribution in [0.3, 0.4) is 0 Å². The second-order valence-corrected chi connectivity index (χ2v) is 3.88. The van der Waals surface area contributed by atoms with Crippen molar-refractivity contribution < 1.29 is 5.21 Å². The number of nitrogens with two attached hydrogens (primary N) is 1. The van der Waals surface area contributed by atoms with Crippen LogP contribution in [0.1, 0.15) is 18.9 Å². The van der Waals surface area contributed by atoms with Gasteiger partial charge in [0, 0.05) is 31.9 Å². The summed E-state index contributed by atoms with van der Waals surface area (Å²) < 4.78 is 0. The van der Waals surface area contributed by atoms with Crippen molar-refractivity contribution in [1.82, 2.24) is 9.88 Å². The van der Waals surface area contributed by atoms with E-state index in [0.717, 1.165) is 26.1 Å². The van der Waals surface area contributed by atoms with Gasteiger partial charge in [-0.25, -0.2) is 0 Å². The first-order valence-electron chi connectivity index (χ1n) is 5.84. The zero-order chi connectivity index (χ0) is 12.5. The molecule has 0 aliphatic heterocycles. The molecule has 0 bridgehead atoms. The van der Waals surface area contributed by atoms with E-state index >= 15 is 0 Å². The Morgan fingerprint density at radius 2 is 2.12 bits per heavy atom. The van der Waals surface area contributed by atoms with Crippen molar-refractivity contribution in [2.24, 2.45) is 10.9 Å². The van der Waals surface area contributed by atoms with E-state index in [1.807, 2.05) is 24.5 Å². The number of hydrogen-bond donors (Lipinski definition) is 2. The molecule has 0 saturated carbocycles. The summed E-state index contributed by atoms with van der Waals surface area (Å²) >= 11 is 0. The summed E-state index contributed by atoms with van der Waals surface area (Å²) in [6.45, 7) is 4.86. The van der Waals surface area contributed by atoms with Crippen LogP contribution in [0.5, 0.6) is 0 Å². The molecule has 5 heteroatoms. The SMILES string of the molecule is CCN(CCC(N)=NO)CCc1ccncc1. The third-order valence-corrected chi connectivity index (χ3v) is 2.73. The van der Waals surface area contributed by atoms with Crippen LogP contribution in [0, 0.1) is 0 Å². The Morgan fingerprint density at radius 3 is 2.71 bits per heavy atom. The normalized spacial score (nSPS) is 12.0. The average molecular weight is 236 g/mol. The second-order valence-electron chi connectivity index (χ2n) is 3.88. The number of pyridine rings is 1. The zero-order valence-corrected chi connectivity index (χ0v) is 10.2. The minimum absolute atomic E-state index is 0.285. The lowest BCUT2D eigenvalue weighted by Crippen LogP contribution is -2.30. The van der Waals surface area contributed by atoms with E-state index in [1.54, 1.807) is 0 Å². The quantitative estimate of drug-likeness (QED) is 0.321. The summed E-state index contributed by atoms with van der Waals surface area (Å²) in [7, 11) is 0. The molecular formula is C12H20N4O. The average Bonchev–Trinajstić information content (AvgIpc) is 2.39. The molecule has 1 rings (SSSR count). The van der Waals surface area contributed by atoms with E-state index in [2.05, 4.69) is 22.0 Å². The van der Waals surface area contributed by atoms with E-state index in [-0.39, 0.29) is 5.84 Å². The summed E-state index contributed by atoms with van der Waals surface area (Å²) in [5.41, 5.74) is 6.73. The van der Waals surface area contributed by atoms with Crippen LogP contribution in [0.4, 0.5) is 0 Å². The molecule has 0 atom stereocenters. The molecule has 0 radical (unpaired) electrons. The Kier molecular flexibility index (Phi) is 6.03. The van der Waals surface area contributed by atoms with Gasteiger partial charge in [-0.1, -0.05) is 12.1 Å². The molecule has 1 aromatic heterocycles. The summed E-state index contributed by atoms with van der Waals surface area (Å²) in [6, 6.07) is 4.05. The molecule has 94 valence electrons. The maximum Gasteiger partial charge on any atom is 0.140 e. The van der Waals surface area contributed by atoms with Crippen molar-refractivity contribution in [3.63, 3.8) is 0 Å². The lowest BCUT2D eigenvalue weighted by Gasteiger charge is -2.19. The van der Waals surface area contributed by atoms with Crippen molar-refractivity contribution in [2.75, 3.05) is 19.6 Å². The monoisotopic (exact) mass is 236 g/mol. The number of likely N-dealkylation sites (N-methyl/N-ethyl adjacent to an activating group) is 1. The predicted molar refractivity (Wildman–Crippen MR) is 68.1 cm³/mol. The highest BCUT2D eigenvalue weighted by atomic mass is 16.4. The fourth-order valence-corrected chi connectivity index (χ4v) is 1.59. The second kappa shape index (κ2) is 7.62. The highest BCUT2D eigenvalue weighted by Crippen LogP contribution is 2.00. The number of nitrogens with zero attached hydrogens (tertiary/aromatic N) is 3. The van der Waals surface area contributed by atoms with Crippen LogP contribution < -0.4 is 5.73 Å². The first-order chi connectivity index (χ1) is 8.26. The Balaban J connectivity index is 2.32. The highest BCUT2D eigenvalue weighted by molar-refractivity contribution is 5.79. The lowest BCUT2D eigenvalue weighted by molar-refractivity contribution is 0.292. The molecule has 1 aromatic rings. The van der Waals surface area contributed by atoms with Gasteiger partial charge < -0.3 is 15.8 Å². The minimum atomic E-state index is 0.285. The lowest BCUT2D eigenvalue weighted by atomic mass is 10.2. The highest BCUT2D eigenvalue weighted by Gasteiger charge is 2.04. The van der Waals surface area contributed by atoms with Crippen molar-refractivity contribution in [3.05, 3.63) is 30.1 Å². The smallest absolute Gasteiger partial charge is 0.140 e. The summed E-state index contributed by atoms with van der Waals surface area (Å²) in [5.74, 6) is 0.285. The molecule has 0 unspecified atom stereocenters. The minimum Gasteiger partial charge on any atom is -0.409 e. The van der Waals surface area contributed by atoms with Gasteiger partial charge in [0.1, 0.15) is 5.84 Å².